The van der Waals surface area contributed by atoms with Gasteiger partial charge < -0.3 is 14.6 Å². The monoisotopic (exact) mass is 382 g/mol. The first kappa shape index (κ1) is 18.3. The van der Waals surface area contributed by atoms with Crippen molar-refractivity contribution < 1.29 is 9.53 Å². The van der Waals surface area contributed by atoms with Crippen LogP contribution >= 0.6 is 0 Å². The van der Waals surface area contributed by atoms with Crippen LogP contribution in [0.4, 0.5) is 0 Å². The molecule has 9 nitrogen and oxygen atoms in total. The van der Waals surface area contributed by atoms with Gasteiger partial charge in [-0.25, -0.2) is 9.67 Å². The van der Waals surface area contributed by atoms with Gasteiger partial charge in [0.25, 0.3) is 5.56 Å². The lowest BCUT2D eigenvalue weighted by Crippen LogP contribution is -2.41. The van der Waals surface area contributed by atoms with Crippen LogP contribution in [0.3, 0.4) is 0 Å². The normalized spacial score (nSPS) is 17.2. The molecule has 1 aromatic carbocycles. The maximum Gasteiger partial charge on any atom is 0.281 e. The summed E-state index contributed by atoms with van der Waals surface area (Å²) in [6.07, 6.45) is 1.70. The molecule has 1 saturated heterocycles. The van der Waals surface area contributed by atoms with E-state index in [2.05, 4.69) is 20.3 Å². The summed E-state index contributed by atoms with van der Waals surface area (Å²) in [6, 6.07) is 9.83. The highest BCUT2D eigenvalue weighted by atomic mass is 16.5. The fourth-order valence-corrected chi connectivity index (χ4v) is 3.58. The molecular weight excluding hydrogens is 360 g/mol. The number of methoxy groups -OCH3 is 1. The zero-order valence-corrected chi connectivity index (χ0v) is 15.7. The maximum absolute atomic E-state index is 12.5. The van der Waals surface area contributed by atoms with Crippen molar-refractivity contribution in [2.75, 3.05) is 26.8 Å². The van der Waals surface area contributed by atoms with Crippen molar-refractivity contribution in [1.82, 2.24) is 29.9 Å². The summed E-state index contributed by atoms with van der Waals surface area (Å²) >= 11 is 0. The van der Waals surface area contributed by atoms with Crippen molar-refractivity contribution in [3.05, 3.63) is 52.1 Å². The molecule has 0 bridgehead atoms. The molecular formula is C19H22N6O3. The lowest BCUT2D eigenvalue weighted by atomic mass is 9.97. The van der Waals surface area contributed by atoms with E-state index in [0.29, 0.717) is 31.1 Å². The van der Waals surface area contributed by atoms with Gasteiger partial charge in [0.2, 0.25) is 5.91 Å². The van der Waals surface area contributed by atoms with E-state index in [0.717, 1.165) is 18.4 Å². The minimum Gasteiger partial charge on any atom is -0.375 e. The number of carbonyl (C=O) groups is 1. The van der Waals surface area contributed by atoms with Gasteiger partial charge >= 0.3 is 0 Å². The predicted molar refractivity (Wildman–Crippen MR) is 102 cm³/mol. The number of likely N-dealkylation sites (tertiary alicyclic amines) is 1. The summed E-state index contributed by atoms with van der Waals surface area (Å²) in [7, 11) is 1.51. The zero-order valence-electron chi connectivity index (χ0n) is 15.7. The molecule has 3 aromatic rings. The number of aromatic amines is 1. The highest BCUT2D eigenvalue weighted by Crippen LogP contribution is 2.24. The molecule has 0 radical (unpaired) electrons. The molecule has 1 amide bonds. The number of fused-ring (bicyclic) bond motifs is 1. The first-order valence-electron chi connectivity index (χ1n) is 9.29. The quantitative estimate of drug-likeness (QED) is 0.703. The van der Waals surface area contributed by atoms with Crippen LogP contribution in [-0.2, 0) is 16.1 Å². The Morgan fingerprint density at radius 1 is 1.32 bits per heavy atom. The van der Waals surface area contributed by atoms with E-state index in [1.807, 2.05) is 30.3 Å². The lowest BCUT2D eigenvalue weighted by Gasteiger charge is -2.32. The Morgan fingerprint density at radius 2 is 2.14 bits per heavy atom. The van der Waals surface area contributed by atoms with Crippen LogP contribution in [0, 0.1) is 0 Å². The van der Waals surface area contributed by atoms with Crippen LogP contribution < -0.4 is 5.56 Å². The van der Waals surface area contributed by atoms with Gasteiger partial charge in [-0.2, -0.15) is 0 Å². The van der Waals surface area contributed by atoms with Crippen LogP contribution in [0.15, 0.2) is 35.1 Å². The van der Waals surface area contributed by atoms with Crippen molar-refractivity contribution >= 4 is 17.1 Å². The van der Waals surface area contributed by atoms with E-state index < -0.39 is 0 Å². The van der Waals surface area contributed by atoms with Crippen molar-refractivity contribution in [2.45, 2.75) is 25.3 Å². The van der Waals surface area contributed by atoms with Gasteiger partial charge in [0.1, 0.15) is 12.4 Å². The minimum absolute atomic E-state index is 0.0354. The molecule has 0 aliphatic carbocycles. The molecule has 28 heavy (non-hydrogen) atoms. The number of nitrogens with one attached hydrogen (secondary N) is 1. The SMILES string of the molecule is COCC(=O)N1CCCC(c2nc3c(nnn3Cc3ccccc3)c(=O)[nH]2)C1. The molecule has 1 aliphatic rings. The third-order valence-corrected chi connectivity index (χ3v) is 5.00. The fraction of sp³-hybridized carbons (Fsp3) is 0.421. The molecule has 146 valence electrons. The zero-order chi connectivity index (χ0) is 19.5. The Hall–Kier alpha value is -3.07. The lowest BCUT2D eigenvalue weighted by molar-refractivity contribution is -0.136. The molecule has 1 aliphatic heterocycles. The van der Waals surface area contributed by atoms with E-state index in [-0.39, 0.29) is 29.5 Å². The van der Waals surface area contributed by atoms with Gasteiger partial charge in [-0.15, -0.1) is 5.10 Å². The molecule has 1 N–H and O–H groups in total. The van der Waals surface area contributed by atoms with E-state index in [4.69, 9.17) is 4.74 Å². The Bertz CT molecular complexity index is 1030. The standard InChI is InChI=1S/C19H22N6O3/c1-28-12-15(26)24-9-5-8-14(11-24)17-20-18-16(19(27)21-17)22-23-25(18)10-13-6-3-2-4-7-13/h2-4,6-7,14H,5,8-12H2,1H3,(H,20,21,27). The van der Waals surface area contributed by atoms with Crippen LogP contribution in [0.5, 0.6) is 0 Å². The van der Waals surface area contributed by atoms with E-state index in [1.54, 1.807) is 9.58 Å². The number of aromatic nitrogens is 5. The number of nitrogens with zero attached hydrogens (tertiary/aromatic N) is 5. The molecule has 9 heteroatoms. The highest BCUT2D eigenvalue weighted by molar-refractivity contribution is 5.77. The van der Waals surface area contributed by atoms with Crippen molar-refractivity contribution in [3.8, 4) is 0 Å². The third-order valence-electron chi connectivity index (χ3n) is 5.00. The van der Waals surface area contributed by atoms with Crippen LogP contribution in [0.1, 0.15) is 30.1 Å². The average Bonchev–Trinajstić information content (AvgIpc) is 3.12. The summed E-state index contributed by atoms with van der Waals surface area (Å²) in [4.78, 5) is 33.9. The summed E-state index contributed by atoms with van der Waals surface area (Å²) in [5.74, 6) is 0.488. The van der Waals surface area contributed by atoms with Gasteiger partial charge in [0.05, 0.1) is 6.54 Å². The second kappa shape index (κ2) is 7.89. The van der Waals surface area contributed by atoms with E-state index >= 15 is 0 Å². The summed E-state index contributed by atoms with van der Waals surface area (Å²) in [5.41, 5.74) is 1.43. The smallest absolute Gasteiger partial charge is 0.281 e. The highest BCUT2D eigenvalue weighted by Gasteiger charge is 2.27. The number of H-pyrrole nitrogens is 1. The van der Waals surface area contributed by atoms with Crippen LogP contribution in [-0.4, -0.2) is 62.6 Å². The van der Waals surface area contributed by atoms with Gasteiger partial charge in [-0.05, 0) is 18.4 Å². The molecule has 3 heterocycles. The third kappa shape index (κ3) is 3.65. The number of hydrogen-bond donors (Lipinski definition) is 1. The van der Waals surface area contributed by atoms with Gasteiger partial charge in [0.15, 0.2) is 11.2 Å². The average molecular weight is 382 g/mol. The Kier molecular flexibility index (Phi) is 5.16. The number of rotatable bonds is 5. The molecule has 2 aromatic heterocycles. The number of piperidine rings is 1. The number of hydrogen-bond acceptors (Lipinski definition) is 6. The second-order valence-electron chi connectivity index (χ2n) is 6.97. The molecule has 1 unspecified atom stereocenters. The van der Waals surface area contributed by atoms with Crippen molar-refractivity contribution in [2.24, 2.45) is 0 Å². The fourth-order valence-electron chi connectivity index (χ4n) is 3.58. The summed E-state index contributed by atoms with van der Waals surface area (Å²) < 4.78 is 6.59. The van der Waals surface area contributed by atoms with E-state index in [1.165, 1.54) is 7.11 Å². The summed E-state index contributed by atoms with van der Waals surface area (Å²) in [6.45, 7) is 1.75. The van der Waals surface area contributed by atoms with Crippen LogP contribution in [0.25, 0.3) is 11.2 Å². The van der Waals surface area contributed by atoms with Gasteiger partial charge in [-0.1, -0.05) is 35.5 Å². The topological polar surface area (TPSA) is 106 Å². The second-order valence-corrected chi connectivity index (χ2v) is 6.97. The minimum atomic E-state index is -0.306. The summed E-state index contributed by atoms with van der Waals surface area (Å²) in [5, 5.41) is 8.10. The largest absolute Gasteiger partial charge is 0.375 e. The molecule has 0 spiro atoms. The molecule has 1 fully saturated rings. The predicted octanol–water partition coefficient (Wildman–Crippen LogP) is 0.915. The van der Waals surface area contributed by atoms with Gasteiger partial charge in [0, 0.05) is 26.1 Å². The Morgan fingerprint density at radius 3 is 2.93 bits per heavy atom. The van der Waals surface area contributed by atoms with E-state index in [9.17, 15) is 9.59 Å². The molecule has 4 rings (SSSR count). The molecule has 0 saturated carbocycles. The van der Waals surface area contributed by atoms with Gasteiger partial charge in [-0.3, -0.25) is 9.59 Å². The first-order valence-corrected chi connectivity index (χ1v) is 9.29. The van der Waals surface area contributed by atoms with Crippen molar-refractivity contribution in [3.63, 3.8) is 0 Å². The number of ether oxygens (including phenoxy) is 1. The van der Waals surface area contributed by atoms with Crippen molar-refractivity contribution in [1.29, 1.82) is 0 Å². The maximum atomic E-state index is 12.5. The molecule has 1 atom stereocenters. The number of carbonyl (C=O) groups excluding carboxylic acids is 1. The Balaban J connectivity index is 1.63. The Labute approximate surface area is 161 Å². The number of amides is 1. The number of benzene rings is 1. The van der Waals surface area contributed by atoms with Crippen LogP contribution in [0.2, 0.25) is 0 Å². The first-order chi connectivity index (χ1) is 13.7.